The molecule has 4 aromatic heterocycles. The summed E-state index contributed by atoms with van der Waals surface area (Å²) in [6, 6.07) is 72.3. The van der Waals surface area contributed by atoms with E-state index in [1.54, 1.807) is 0 Å². The number of aromatic nitrogens is 4. The number of fused-ring (bicyclic) bond motifs is 12. The van der Waals surface area contributed by atoms with Gasteiger partial charge in [0.05, 0.1) is 27.7 Å². The fourth-order valence-corrected chi connectivity index (χ4v) is 9.98. The van der Waals surface area contributed by atoms with Gasteiger partial charge in [-0.05, 0) is 75.8 Å². The number of rotatable bonds is 5. The fraction of sp³-hybridized carbons (Fsp3) is 0. The fourth-order valence-electron chi connectivity index (χ4n) is 9.98. The SMILES string of the molecule is c1ccc(-c2ccc3cc4c(cc3c2)c2ccc3ccccc3c2n4-c2cc(-c3nc(-c4ccccc4)nc(-c4cccc5c4oc4ccccc45)n3)cc3oc4ccccc4c23)cc1. The first-order valence-electron chi connectivity index (χ1n) is 21.8. The predicted molar refractivity (Wildman–Crippen MR) is 265 cm³/mol. The molecule has 0 bridgehead atoms. The van der Waals surface area contributed by atoms with Crippen LogP contribution in [0.1, 0.15) is 0 Å². The first kappa shape index (κ1) is 35.7. The molecule has 10 aromatic carbocycles. The van der Waals surface area contributed by atoms with Gasteiger partial charge in [-0.3, -0.25) is 0 Å². The second-order valence-corrected chi connectivity index (χ2v) is 16.7. The molecule has 0 unspecified atom stereocenters. The Labute approximate surface area is 371 Å². The predicted octanol–water partition coefficient (Wildman–Crippen LogP) is 15.7. The first-order valence-corrected chi connectivity index (χ1v) is 21.8. The molecular weight excluding hydrogens is 797 g/mol. The Morgan fingerprint density at radius 3 is 1.83 bits per heavy atom. The molecule has 0 N–H and O–H groups in total. The van der Waals surface area contributed by atoms with Crippen molar-refractivity contribution in [2.45, 2.75) is 0 Å². The quantitative estimate of drug-likeness (QED) is 0.173. The molecule has 0 atom stereocenters. The molecule has 0 amide bonds. The van der Waals surface area contributed by atoms with Crippen molar-refractivity contribution in [1.82, 2.24) is 19.5 Å². The van der Waals surface area contributed by atoms with Crippen LogP contribution < -0.4 is 0 Å². The number of hydrogen-bond donors (Lipinski definition) is 0. The van der Waals surface area contributed by atoms with Crippen LogP contribution >= 0.6 is 0 Å². The summed E-state index contributed by atoms with van der Waals surface area (Å²) in [5, 5.41) is 11.1. The van der Waals surface area contributed by atoms with Crippen LogP contribution in [0, 0.1) is 0 Å². The molecule has 4 heterocycles. The van der Waals surface area contributed by atoms with E-state index in [9.17, 15) is 0 Å². The number of hydrogen-bond acceptors (Lipinski definition) is 5. The molecule has 6 nitrogen and oxygen atoms in total. The maximum Gasteiger partial charge on any atom is 0.167 e. The number of para-hydroxylation sites is 3. The molecule has 6 heteroatoms. The first-order chi connectivity index (χ1) is 32.2. The molecule has 0 fully saturated rings. The Kier molecular flexibility index (Phi) is 7.59. The lowest BCUT2D eigenvalue weighted by molar-refractivity contribution is 0.668. The molecule has 14 aromatic rings. The maximum atomic E-state index is 6.81. The summed E-state index contributed by atoms with van der Waals surface area (Å²) in [6.07, 6.45) is 0. The molecule has 65 heavy (non-hydrogen) atoms. The van der Waals surface area contributed by atoms with Gasteiger partial charge < -0.3 is 13.4 Å². The number of furan rings is 2. The normalized spacial score (nSPS) is 12.0. The highest BCUT2D eigenvalue weighted by molar-refractivity contribution is 6.22. The smallest absolute Gasteiger partial charge is 0.167 e. The number of benzene rings is 10. The van der Waals surface area contributed by atoms with Gasteiger partial charge in [-0.25, -0.2) is 15.0 Å². The van der Waals surface area contributed by atoms with Crippen LogP contribution in [0.3, 0.4) is 0 Å². The van der Waals surface area contributed by atoms with Crippen LogP contribution in [0.5, 0.6) is 0 Å². The van der Waals surface area contributed by atoms with Crippen LogP contribution in [-0.4, -0.2) is 19.5 Å². The van der Waals surface area contributed by atoms with Gasteiger partial charge in [-0.2, -0.15) is 0 Å². The third kappa shape index (κ3) is 5.51. The van der Waals surface area contributed by atoms with Gasteiger partial charge in [0.15, 0.2) is 17.5 Å². The monoisotopic (exact) mass is 830 g/mol. The second kappa shape index (κ2) is 13.8. The van der Waals surface area contributed by atoms with Crippen molar-refractivity contribution >= 4 is 87.2 Å². The largest absolute Gasteiger partial charge is 0.456 e. The minimum absolute atomic E-state index is 0.522. The molecule has 0 spiro atoms. The van der Waals surface area contributed by atoms with E-state index in [1.807, 2.05) is 72.8 Å². The highest BCUT2D eigenvalue weighted by Gasteiger charge is 2.24. The molecule has 302 valence electrons. The van der Waals surface area contributed by atoms with E-state index in [0.717, 1.165) is 88.1 Å². The molecule has 14 rings (SSSR count). The zero-order valence-corrected chi connectivity index (χ0v) is 34.7. The van der Waals surface area contributed by atoms with Crippen molar-refractivity contribution < 1.29 is 8.83 Å². The Morgan fingerprint density at radius 2 is 1.00 bits per heavy atom. The van der Waals surface area contributed by atoms with E-state index in [2.05, 4.69) is 138 Å². The van der Waals surface area contributed by atoms with Crippen LogP contribution in [-0.2, 0) is 0 Å². The summed E-state index contributed by atoms with van der Waals surface area (Å²) in [5.41, 5.74) is 11.2. The van der Waals surface area contributed by atoms with Crippen molar-refractivity contribution in [2.75, 3.05) is 0 Å². The lowest BCUT2D eigenvalue weighted by Crippen LogP contribution is -2.02. The Balaban J connectivity index is 1.08. The summed E-state index contributed by atoms with van der Waals surface area (Å²) in [6.45, 7) is 0. The molecule has 0 saturated heterocycles. The average Bonchev–Trinajstić information content (AvgIpc) is 4.05. The van der Waals surface area contributed by atoms with Gasteiger partial charge in [-0.15, -0.1) is 0 Å². The van der Waals surface area contributed by atoms with Crippen molar-refractivity contribution in [3.8, 4) is 51.0 Å². The van der Waals surface area contributed by atoms with Crippen LogP contribution in [0.25, 0.3) is 138 Å². The van der Waals surface area contributed by atoms with E-state index in [-0.39, 0.29) is 0 Å². The molecule has 0 aliphatic carbocycles. The lowest BCUT2D eigenvalue weighted by Gasteiger charge is -2.14. The van der Waals surface area contributed by atoms with Crippen LogP contribution in [0.4, 0.5) is 0 Å². The minimum atomic E-state index is 0.522. The van der Waals surface area contributed by atoms with E-state index in [0.29, 0.717) is 17.5 Å². The minimum Gasteiger partial charge on any atom is -0.456 e. The lowest BCUT2D eigenvalue weighted by atomic mass is 9.99. The third-order valence-corrected chi connectivity index (χ3v) is 13.0. The zero-order chi connectivity index (χ0) is 42.6. The van der Waals surface area contributed by atoms with Crippen molar-refractivity contribution in [3.05, 3.63) is 206 Å². The van der Waals surface area contributed by atoms with Crippen LogP contribution in [0.2, 0.25) is 0 Å². The van der Waals surface area contributed by atoms with Gasteiger partial charge in [0.1, 0.15) is 22.3 Å². The van der Waals surface area contributed by atoms with E-state index < -0.39 is 0 Å². The zero-order valence-electron chi connectivity index (χ0n) is 34.7. The average molecular weight is 831 g/mol. The summed E-state index contributed by atoms with van der Waals surface area (Å²) in [5.74, 6) is 1.61. The van der Waals surface area contributed by atoms with Crippen LogP contribution in [0.15, 0.2) is 215 Å². The van der Waals surface area contributed by atoms with Crippen molar-refractivity contribution in [2.24, 2.45) is 0 Å². The summed E-state index contributed by atoms with van der Waals surface area (Å²) >= 11 is 0. The van der Waals surface area contributed by atoms with Gasteiger partial charge in [0.2, 0.25) is 0 Å². The second-order valence-electron chi connectivity index (χ2n) is 16.7. The highest BCUT2D eigenvalue weighted by Crippen LogP contribution is 2.44. The highest BCUT2D eigenvalue weighted by atomic mass is 16.3. The van der Waals surface area contributed by atoms with E-state index in [1.165, 1.54) is 32.7 Å². The van der Waals surface area contributed by atoms with Crippen molar-refractivity contribution in [3.63, 3.8) is 0 Å². The van der Waals surface area contributed by atoms with Gasteiger partial charge in [-0.1, -0.05) is 158 Å². The summed E-state index contributed by atoms with van der Waals surface area (Å²) in [7, 11) is 0. The van der Waals surface area contributed by atoms with E-state index in [4.69, 9.17) is 23.8 Å². The topological polar surface area (TPSA) is 69.9 Å². The summed E-state index contributed by atoms with van der Waals surface area (Å²) < 4.78 is 15.8. The van der Waals surface area contributed by atoms with E-state index >= 15 is 0 Å². The summed E-state index contributed by atoms with van der Waals surface area (Å²) in [4.78, 5) is 15.7. The molecule has 0 aliphatic heterocycles. The maximum absolute atomic E-state index is 6.81. The molecule has 0 radical (unpaired) electrons. The van der Waals surface area contributed by atoms with Gasteiger partial charge >= 0.3 is 0 Å². The Hall–Kier alpha value is -8.87. The number of nitrogens with zero attached hydrogens (tertiary/aromatic N) is 4. The third-order valence-electron chi connectivity index (χ3n) is 13.0. The molecule has 0 aliphatic rings. The Bertz CT molecular complexity index is 4240. The molecule has 0 saturated carbocycles. The van der Waals surface area contributed by atoms with Crippen molar-refractivity contribution in [1.29, 1.82) is 0 Å². The van der Waals surface area contributed by atoms with Gasteiger partial charge in [0.25, 0.3) is 0 Å². The standard InChI is InChI=1S/C59H34N4O2/c1-3-14-35(15-4-1)38-26-27-39-32-49-48(31-40(39)30-38)44-29-28-36-16-7-8-19-42(36)55(44)63(49)50-33-41(34-53-54(50)46-21-10-12-25-52(46)64-53)58-60-57(37-17-5-2-6-18-37)61-59(62-58)47-23-13-22-45-43-20-9-11-24-51(43)65-56(45)47/h1-34H. The van der Waals surface area contributed by atoms with Gasteiger partial charge in [0, 0.05) is 43.4 Å². The molecular formula is C59H34N4O2. The Morgan fingerprint density at radius 1 is 0.338 bits per heavy atom.